The first-order valence-electron chi connectivity index (χ1n) is 5.20. The normalized spacial score (nSPS) is 17.7. The van der Waals surface area contributed by atoms with Gasteiger partial charge in [-0.25, -0.2) is 4.98 Å². The van der Waals surface area contributed by atoms with E-state index in [0.717, 1.165) is 17.3 Å². The van der Waals surface area contributed by atoms with Crippen molar-refractivity contribution >= 4 is 21.9 Å². The highest BCUT2D eigenvalue weighted by Crippen LogP contribution is 2.27. The standard InChI is InChI=1S/C10H14BrN3O/c11-8-6-13-10(12)14-9(8)15-7-4-2-1-3-5-7/h6-7H,1-5H2,(H2,12,13,14). The lowest BCUT2D eigenvalue weighted by atomic mass is 9.98. The average Bonchev–Trinajstić information content (AvgIpc) is 2.25. The van der Waals surface area contributed by atoms with Gasteiger partial charge in [0.05, 0.1) is 10.7 Å². The minimum Gasteiger partial charge on any atom is -0.473 e. The number of nitrogen functional groups attached to an aromatic ring is 1. The van der Waals surface area contributed by atoms with Crippen LogP contribution in [0.15, 0.2) is 10.7 Å². The molecule has 0 aromatic carbocycles. The van der Waals surface area contributed by atoms with Gasteiger partial charge < -0.3 is 10.5 Å². The van der Waals surface area contributed by atoms with Crippen LogP contribution in [0, 0.1) is 0 Å². The van der Waals surface area contributed by atoms with E-state index in [4.69, 9.17) is 10.5 Å². The topological polar surface area (TPSA) is 61.0 Å². The smallest absolute Gasteiger partial charge is 0.233 e. The van der Waals surface area contributed by atoms with Crippen LogP contribution in [-0.2, 0) is 0 Å². The molecule has 5 heteroatoms. The lowest BCUT2D eigenvalue weighted by Gasteiger charge is -2.22. The van der Waals surface area contributed by atoms with Crippen LogP contribution >= 0.6 is 15.9 Å². The predicted octanol–water partition coefficient (Wildman–Crippen LogP) is 2.53. The second-order valence-corrected chi connectivity index (χ2v) is 4.61. The predicted molar refractivity (Wildman–Crippen MR) is 61.6 cm³/mol. The molecule has 1 aliphatic rings. The van der Waals surface area contributed by atoms with Gasteiger partial charge in [-0.15, -0.1) is 0 Å². The first-order valence-corrected chi connectivity index (χ1v) is 5.99. The maximum atomic E-state index is 5.79. The van der Waals surface area contributed by atoms with E-state index in [0.29, 0.717) is 5.88 Å². The number of nitrogens with zero attached hydrogens (tertiary/aromatic N) is 2. The molecule has 1 fully saturated rings. The zero-order chi connectivity index (χ0) is 10.7. The van der Waals surface area contributed by atoms with Gasteiger partial charge in [0.1, 0.15) is 6.10 Å². The number of ether oxygens (including phenoxy) is 1. The van der Waals surface area contributed by atoms with Crippen molar-refractivity contribution in [1.29, 1.82) is 0 Å². The molecule has 1 aliphatic carbocycles. The van der Waals surface area contributed by atoms with Gasteiger partial charge in [0.2, 0.25) is 11.8 Å². The molecule has 0 aliphatic heterocycles. The van der Waals surface area contributed by atoms with E-state index >= 15 is 0 Å². The Morgan fingerprint density at radius 1 is 1.33 bits per heavy atom. The first kappa shape index (κ1) is 10.7. The van der Waals surface area contributed by atoms with E-state index in [9.17, 15) is 0 Å². The maximum Gasteiger partial charge on any atom is 0.233 e. The van der Waals surface area contributed by atoms with Crippen molar-refractivity contribution in [3.63, 3.8) is 0 Å². The summed E-state index contributed by atoms with van der Waals surface area (Å²) in [5, 5.41) is 0. The summed E-state index contributed by atoms with van der Waals surface area (Å²) in [4.78, 5) is 7.94. The van der Waals surface area contributed by atoms with Crippen molar-refractivity contribution < 1.29 is 4.74 Å². The van der Waals surface area contributed by atoms with Crippen LogP contribution in [0.1, 0.15) is 32.1 Å². The fourth-order valence-electron chi connectivity index (χ4n) is 1.79. The van der Waals surface area contributed by atoms with Gasteiger partial charge in [-0.05, 0) is 41.6 Å². The molecule has 0 radical (unpaired) electrons. The molecule has 0 saturated heterocycles. The van der Waals surface area contributed by atoms with E-state index in [2.05, 4.69) is 25.9 Å². The molecular weight excluding hydrogens is 258 g/mol. The van der Waals surface area contributed by atoms with Crippen LogP contribution in [0.4, 0.5) is 5.95 Å². The summed E-state index contributed by atoms with van der Waals surface area (Å²) in [6.07, 6.45) is 7.91. The minimum atomic E-state index is 0.254. The van der Waals surface area contributed by atoms with Crippen molar-refractivity contribution in [2.75, 3.05) is 5.73 Å². The number of rotatable bonds is 2. The van der Waals surface area contributed by atoms with E-state index in [1.807, 2.05) is 0 Å². The number of hydrogen-bond acceptors (Lipinski definition) is 4. The summed E-state index contributed by atoms with van der Waals surface area (Å²) in [6, 6.07) is 0. The van der Waals surface area contributed by atoms with Crippen molar-refractivity contribution in [2.45, 2.75) is 38.2 Å². The first-order chi connectivity index (χ1) is 7.25. The molecule has 1 saturated carbocycles. The van der Waals surface area contributed by atoms with Gasteiger partial charge in [-0.1, -0.05) is 6.42 Å². The molecule has 15 heavy (non-hydrogen) atoms. The van der Waals surface area contributed by atoms with Crippen LogP contribution in [0.3, 0.4) is 0 Å². The van der Waals surface area contributed by atoms with Gasteiger partial charge in [0, 0.05) is 0 Å². The molecule has 2 N–H and O–H groups in total. The molecule has 82 valence electrons. The zero-order valence-electron chi connectivity index (χ0n) is 8.45. The van der Waals surface area contributed by atoms with Gasteiger partial charge in [-0.2, -0.15) is 4.98 Å². The van der Waals surface area contributed by atoms with Crippen LogP contribution < -0.4 is 10.5 Å². The number of anilines is 1. The van der Waals surface area contributed by atoms with E-state index < -0.39 is 0 Å². The fourth-order valence-corrected chi connectivity index (χ4v) is 2.07. The van der Waals surface area contributed by atoms with E-state index in [1.54, 1.807) is 6.20 Å². The number of aromatic nitrogens is 2. The Kier molecular flexibility index (Phi) is 3.41. The fraction of sp³-hybridized carbons (Fsp3) is 0.600. The molecule has 1 aromatic heterocycles. The molecule has 0 bridgehead atoms. The van der Waals surface area contributed by atoms with Crippen LogP contribution in [0.2, 0.25) is 0 Å². The third-order valence-corrected chi connectivity index (χ3v) is 3.11. The third kappa shape index (κ3) is 2.81. The molecule has 1 aromatic rings. The minimum absolute atomic E-state index is 0.254. The molecule has 1 heterocycles. The van der Waals surface area contributed by atoms with E-state index in [-0.39, 0.29) is 12.1 Å². The SMILES string of the molecule is Nc1ncc(Br)c(OC2CCCCC2)n1. The van der Waals surface area contributed by atoms with Gasteiger partial charge >= 0.3 is 0 Å². The van der Waals surface area contributed by atoms with Crippen LogP contribution in [0.5, 0.6) is 5.88 Å². The van der Waals surface area contributed by atoms with Crippen molar-refractivity contribution in [1.82, 2.24) is 9.97 Å². The number of hydrogen-bond donors (Lipinski definition) is 1. The van der Waals surface area contributed by atoms with Crippen LogP contribution in [0.25, 0.3) is 0 Å². The highest BCUT2D eigenvalue weighted by Gasteiger charge is 2.17. The van der Waals surface area contributed by atoms with Crippen molar-refractivity contribution in [3.05, 3.63) is 10.7 Å². The second kappa shape index (κ2) is 4.79. The molecule has 0 spiro atoms. The molecule has 0 unspecified atom stereocenters. The summed E-state index contributed by atoms with van der Waals surface area (Å²) in [5.41, 5.74) is 5.51. The Morgan fingerprint density at radius 2 is 2.07 bits per heavy atom. The monoisotopic (exact) mass is 271 g/mol. The van der Waals surface area contributed by atoms with Gasteiger partial charge in [0.15, 0.2) is 0 Å². The molecule has 4 nitrogen and oxygen atoms in total. The van der Waals surface area contributed by atoms with Gasteiger partial charge in [-0.3, -0.25) is 0 Å². The van der Waals surface area contributed by atoms with Crippen LogP contribution in [-0.4, -0.2) is 16.1 Å². The molecule has 2 rings (SSSR count). The Hall–Kier alpha value is -0.840. The van der Waals surface area contributed by atoms with Crippen molar-refractivity contribution in [2.24, 2.45) is 0 Å². The Balaban J connectivity index is 2.05. The number of halogens is 1. The zero-order valence-corrected chi connectivity index (χ0v) is 10.0. The largest absolute Gasteiger partial charge is 0.473 e. The molecule has 0 atom stereocenters. The second-order valence-electron chi connectivity index (χ2n) is 3.76. The summed E-state index contributed by atoms with van der Waals surface area (Å²) in [5.74, 6) is 0.818. The Bertz CT molecular complexity index is 339. The lowest BCUT2D eigenvalue weighted by Crippen LogP contribution is -2.20. The summed E-state index contributed by atoms with van der Waals surface area (Å²) < 4.78 is 6.55. The average molecular weight is 272 g/mol. The van der Waals surface area contributed by atoms with E-state index in [1.165, 1.54) is 19.3 Å². The highest BCUT2D eigenvalue weighted by atomic mass is 79.9. The molecule has 0 amide bonds. The van der Waals surface area contributed by atoms with Crippen molar-refractivity contribution in [3.8, 4) is 5.88 Å². The maximum absolute atomic E-state index is 5.79. The highest BCUT2D eigenvalue weighted by molar-refractivity contribution is 9.10. The lowest BCUT2D eigenvalue weighted by molar-refractivity contribution is 0.147. The quantitative estimate of drug-likeness (QED) is 0.898. The summed E-state index contributed by atoms with van der Waals surface area (Å²) in [6.45, 7) is 0. The number of nitrogens with two attached hydrogens (primary N) is 1. The third-order valence-electron chi connectivity index (χ3n) is 2.56. The summed E-state index contributed by atoms with van der Waals surface area (Å²) >= 11 is 3.35. The summed E-state index contributed by atoms with van der Waals surface area (Å²) in [7, 11) is 0. The molecular formula is C10H14BrN3O. The van der Waals surface area contributed by atoms with Gasteiger partial charge in [0.25, 0.3) is 0 Å². The Labute approximate surface area is 97.4 Å². The Morgan fingerprint density at radius 3 is 2.80 bits per heavy atom.